The fourth-order valence-corrected chi connectivity index (χ4v) is 4.31. The van der Waals surface area contributed by atoms with E-state index in [0.717, 1.165) is 18.8 Å². The molecule has 0 bridgehead atoms. The number of hydrogen-bond donors (Lipinski definition) is 0. The number of rotatable bonds is 26. The second kappa shape index (κ2) is 27.5. The molecule has 0 fully saturated rings. The monoisotopic (exact) mass is 464 g/mol. The average Bonchev–Trinajstić information content (AvgIpc) is 2.79. The van der Waals surface area contributed by atoms with Crippen LogP contribution in [-0.2, 0) is 9.53 Å². The fourth-order valence-electron chi connectivity index (χ4n) is 4.31. The minimum Gasteiger partial charge on any atom is -0.466 e. The molecule has 0 spiro atoms. The van der Waals surface area contributed by atoms with Crippen LogP contribution in [0.4, 0.5) is 0 Å². The van der Waals surface area contributed by atoms with Crippen molar-refractivity contribution in [1.82, 2.24) is 0 Å². The molecule has 0 saturated carbocycles. The predicted molar refractivity (Wildman–Crippen MR) is 147 cm³/mol. The number of ether oxygens (including phenoxy) is 1. The smallest absolute Gasteiger partial charge is 0.305 e. The first-order valence-corrected chi connectivity index (χ1v) is 15.0. The molecule has 0 aromatic carbocycles. The van der Waals surface area contributed by atoms with Crippen molar-refractivity contribution in [3.05, 3.63) is 12.2 Å². The Bertz CT molecular complexity index is 413. The van der Waals surface area contributed by atoms with Gasteiger partial charge in [0.1, 0.15) is 0 Å². The zero-order valence-electron chi connectivity index (χ0n) is 23.0. The Kier molecular flexibility index (Phi) is 26.8. The molecule has 2 nitrogen and oxygen atoms in total. The number of hydrogen-bond acceptors (Lipinski definition) is 2. The number of carbonyl (C=O) groups excluding carboxylic acids is 1. The highest BCUT2D eigenvalue weighted by molar-refractivity contribution is 5.69. The van der Waals surface area contributed by atoms with Crippen molar-refractivity contribution < 1.29 is 9.53 Å². The van der Waals surface area contributed by atoms with Gasteiger partial charge in [0.05, 0.1) is 6.61 Å². The summed E-state index contributed by atoms with van der Waals surface area (Å²) in [5.41, 5.74) is 0. The van der Waals surface area contributed by atoms with E-state index < -0.39 is 0 Å². The third-order valence-corrected chi connectivity index (χ3v) is 6.58. The normalized spacial score (nSPS) is 11.6. The van der Waals surface area contributed by atoms with Gasteiger partial charge in [0.15, 0.2) is 0 Å². The van der Waals surface area contributed by atoms with Gasteiger partial charge in [-0.3, -0.25) is 4.79 Å². The lowest BCUT2D eigenvalue weighted by Gasteiger charge is -2.06. The van der Waals surface area contributed by atoms with E-state index in [1.54, 1.807) is 0 Å². The Morgan fingerprint density at radius 3 is 1.61 bits per heavy atom. The highest BCUT2D eigenvalue weighted by Gasteiger charge is 2.02. The highest BCUT2D eigenvalue weighted by atomic mass is 16.5. The molecule has 33 heavy (non-hydrogen) atoms. The van der Waals surface area contributed by atoms with E-state index in [1.807, 2.05) is 0 Å². The van der Waals surface area contributed by atoms with Crippen LogP contribution >= 0.6 is 0 Å². The number of esters is 1. The van der Waals surface area contributed by atoms with Crippen LogP contribution in [0.15, 0.2) is 12.2 Å². The zero-order chi connectivity index (χ0) is 24.2. The molecule has 0 rings (SSSR count). The molecular formula is C31H60O2. The van der Waals surface area contributed by atoms with Crippen LogP contribution in [0.1, 0.15) is 168 Å². The maximum absolute atomic E-state index is 11.8. The molecule has 0 aromatic heterocycles. The van der Waals surface area contributed by atoms with Gasteiger partial charge >= 0.3 is 5.97 Å². The van der Waals surface area contributed by atoms with Crippen molar-refractivity contribution in [3.63, 3.8) is 0 Å². The van der Waals surface area contributed by atoms with E-state index >= 15 is 0 Å². The maximum atomic E-state index is 11.8. The van der Waals surface area contributed by atoms with Gasteiger partial charge in [0.2, 0.25) is 0 Å². The van der Waals surface area contributed by atoms with Crippen LogP contribution in [-0.4, -0.2) is 12.6 Å². The summed E-state index contributed by atoms with van der Waals surface area (Å²) < 4.78 is 5.40. The average molecular weight is 465 g/mol. The van der Waals surface area contributed by atoms with E-state index in [4.69, 9.17) is 4.74 Å². The summed E-state index contributed by atoms with van der Waals surface area (Å²) in [6.45, 7) is 7.52. The van der Waals surface area contributed by atoms with E-state index in [1.165, 1.54) is 128 Å². The van der Waals surface area contributed by atoms with Crippen molar-refractivity contribution in [1.29, 1.82) is 0 Å². The van der Waals surface area contributed by atoms with Crippen LogP contribution < -0.4 is 0 Å². The number of carbonyl (C=O) groups is 1. The van der Waals surface area contributed by atoms with E-state index in [-0.39, 0.29) is 5.97 Å². The topological polar surface area (TPSA) is 26.3 Å². The first kappa shape index (κ1) is 32.2. The summed E-state index contributed by atoms with van der Waals surface area (Å²) in [5.74, 6) is 0.866. The molecule has 0 aliphatic rings. The highest BCUT2D eigenvalue weighted by Crippen LogP contribution is 2.13. The summed E-state index contributed by atoms with van der Waals surface area (Å²) in [5, 5.41) is 0. The van der Waals surface area contributed by atoms with Gasteiger partial charge in [-0.2, -0.15) is 0 Å². The van der Waals surface area contributed by atoms with Gasteiger partial charge in [-0.25, -0.2) is 0 Å². The molecule has 0 amide bonds. The van der Waals surface area contributed by atoms with Gasteiger partial charge in [-0.05, 0) is 44.4 Å². The summed E-state index contributed by atoms with van der Waals surface area (Å²) in [6, 6.07) is 0. The lowest BCUT2D eigenvalue weighted by Crippen LogP contribution is -2.05. The molecule has 0 aromatic rings. The van der Waals surface area contributed by atoms with Crippen LogP contribution in [0, 0.1) is 5.92 Å². The molecule has 0 radical (unpaired) electrons. The Balaban J connectivity index is 3.20. The molecule has 0 N–H and O–H groups in total. The molecule has 0 aliphatic carbocycles. The third kappa shape index (κ3) is 29.2. The van der Waals surface area contributed by atoms with E-state index in [0.29, 0.717) is 13.0 Å². The van der Waals surface area contributed by atoms with Crippen LogP contribution in [0.2, 0.25) is 0 Å². The lowest BCUT2D eigenvalue weighted by atomic mass is 10.0. The van der Waals surface area contributed by atoms with Gasteiger partial charge in [-0.15, -0.1) is 0 Å². The third-order valence-electron chi connectivity index (χ3n) is 6.58. The standard InChI is InChI=1S/C31H60O2/c1-4-5-6-7-8-9-10-11-12-13-14-15-19-22-25-28-31(32)33-29-26-23-20-17-16-18-21-24-27-30(2)3/h10-11,30H,4-9,12-29H2,1-3H3. The molecule has 0 aliphatic heterocycles. The molecule has 0 unspecified atom stereocenters. The van der Waals surface area contributed by atoms with Gasteiger partial charge in [0, 0.05) is 6.42 Å². The van der Waals surface area contributed by atoms with E-state index in [9.17, 15) is 4.79 Å². The number of allylic oxidation sites excluding steroid dienone is 2. The molecule has 0 saturated heterocycles. The minimum atomic E-state index is 0.0139. The molecule has 0 atom stereocenters. The Hall–Kier alpha value is -0.790. The fraction of sp³-hybridized carbons (Fsp3) is 0.903. The largest absolute Gasteiger partial charge is 0.466 e. The van der Waals surface area contributed by atoms with Gasteiger partial charge in [-0.1, -0.05) is 136 Å². The van der Waals surface area contributed by atoms with Gasteiger partial charge in [0.25, 0.3) is 0 Å². The number of unbranched alkanes of at least 4 members (excludes halogenated alkanes) is 18. The maximum Gasteiger partial charge on any atom is 0.305 e. The second-order valence-corrected chi connectivity index (χ2v) is 10.6. The van der Waals surface area contributed by atoms with E-state index in [2.05, 4.69) is 32.9 Å². The van der Waals surface area contributed by atoms with Crippen molar-refractivity contribution in [2.24, 2.45) is 5.92 Å². The van der Waals surface area contributed by atoms with Crippen molar-refractivity contribution >= 4 is 5.97 Å². The first-order valence-electron chi connectivity index (χ1n) is 15.0. The minimum absolute atomic E-state index is 0.0139. The first-order chi connectivity index (χ1) is 16.2. The van der Waals surface area contributed by atoms with Crippen LogP contribution in [0.3, 0.4) is 0 Å². The quantitative estimate of drug-likeness (QED) is 0.0722. The van der Waals surface area contributed by atoms with Gasteiger partial charge < -0.3 is 4.74 Å². The zero-order valence-corrected chi connectivity index (χ0v) is 23.0. The van der Waals surface area contributed by atoms with Crippen molar-refractivity contribution in [3.8, 4) is 0 Å². The molecule has 2 heteroatoms. The second-order valence-electron chi connectivity index (χ2n) is 10.6. The molecular weight excluding hydrogens is 404 g/mol. The Morgan fingerprint density at radius 1 is 0.606 bits per heavy atom. The predicted octanol–water partition coefficient (Wildman–Crippen LogP) is 10.7. The van der Waals surface area contributed by atoms with Crippen molar-refractivity contribution in [2.45, 2.75) is 168 Å². The van der Waals surface area contributed by atoms with Crippen molar-refractivity contribution in [2.75, 3.05) is 6.61 Å². The lowest BCUT2D eigenvalue weighted by molar-refractivity contribution is -0.143. The summed E-state index contributed by atoms with van der Waals surface area (Å²) in [4.78, 5) is 11.8. The Morgan fingerprint density at radius 2 is 1.06 bits per heavy atom. The summed E-state index contributed by atoms with van der Waals surface area (Å²) >= 11 is 0. The van der Waals surface area contributed by atoms with Crippen LogP contribution in [0.5, 0.6) is 0 Å². The summed E-state index contributed by atoms with van der Waals surface area (Å²) in [7, 11) is 0. The molecule has 0 heterocycles. The Labute approximate surface area is 208 Å². The van der Waals surface area contributed by atoms with Crippen LogP contribution in [0.25, 0.3) is 0 Å². The molecule has 196 valence electrons. The SMILES string of the molecule is CCCCCCCC=CCCCCCCCCC(=O)OCCCCCCCCCCC(C)C. The summed E-state index contributed by atoms with van der Waals surface area (Å²) in [6.07, 6.45) is 33.9.